The molecule has 2 aromatic carbocycles. The number of nitro benzene ring substituents is 1. The van der Waals surface area contributed by atoms with Gasteiger partial charge in [-0.05, 0) is 72.9 Å². The number of anilines is 2. The topological polar surface area (TPSA) is 122 Å². The second kappa shape index (κ2) is 9.64. The molecule has 1 aliphatic heterocycles. The number of nitrogens with zero attached hydrogens (tertiary/aromatic N) is 4. The Balaban J connectivity index is 1.59. The van der Waals surface area contributed by atoms with Crippen molar-refractivity contribution in [3.63, 3.8) is 0 Å². The van der Waals surface area contributed by atoms with Crippen LogP contribution in [0.3, 0.4) is 0 Å². The van der Waals surface area contributed by atoms with Crippen LogP contribution in [0.5, 0.6) is 0 Å². The summed E-state index contributed by atoms with van der Waals surface area (Å²) in [6.07, 6.45) is 4.71. The smallest absolute Gasteiger partial charge is 0.269 e. The molecular formula is C25H22N6O4S2. The maximum absolute atomic E-state index is 11.6. The van der Waals surface area contributed by atoms with Crippen LogP contribution in [-0.2, 0) is 10.0 Å². The molecule has 2 atom stereocenters. The molecule has 0 unspecified atom stereocenters. The predicted octanol–water partition coefficient (Wildman–Crippen LogP) is 4.33. The highest BCUT2D eigenvalue weighted by Crippen LogP contribution is 2.42. The summed E-state index contributed by atoms with van der Waals surface area (Å²) in [5.74, 6) is 0. The number of nitro groups is 1. The summed E-state index contributed by atoms with van der Waals surface area (Å²) in [6.45, 7) is 0. The van der Waals surface area contributed by atoms with Crippen LogP contribution in [0.4, 0.5) is 17.1 Å². The Morgan fingerprint density at radius 3 is 2.32 bits per heavy atom. The maximum atomic E-state index is 11.6. The van der Waals surface area contributed by atoms with E-state index in [0.717, 1.165) is 29.0 Å². The largest absolute Gasteiger partial charge is 0.351 e. The first-order valence-electron chi connectivity index (χ1n) is 11.2. The lowest BCUT2D eigenvalue weighted by Crippen LogP contribution is -2.30. The molecule has 1 saturated heterocycles. The number of hydrogen-bond donors (Lipinski definition) is 2. The van der Waals surface area contributed by atoms with Gasteiger partial charge >= 0.3 is 0 Å². The summed E-state index contributed by atoms with van der Waals surface area (Å²) in [4.78, 5) is 17.2. The number of aromatic nitrogens is 2. The average molecular weight is 535 g/mol. The van der Waals surface area contributed by atoms with E-state index in [4.69, 9.17) is 12.2 Å². The van der Waals surface area contributed by atoms with Gasteiger partial charge in [0.05, 0.1) is 22.9 Å². The molecule has 37 heavy (non-hydrogen) atoms. The van der Waals surface area contributed by atoms with Crippen molar-refractivity contribution in [2.24, 2.45) is 0 Å². The predicted molar refractivity (Wildman–Crippen MR) is 145 cm³/mol. The number of rotatable bonds is 7. The number of hydrogen-bond acceptors (Lipinski definition) is 6. The lowest BCUT2D eigenvalue weighted by Gasteiger charge is -2.29. The molecule has 1 aliphatic rings. The van der Waals surface area contributed by atoms with Gasteiger partial charge in [0.1, 0.15) is 6.04 Å². The number of benzene rings is 2. The van der Waals surface area contributed by atoms with Crippen molar-refractivity contribution >= 4 is 44.4 Å². The third kappa shape index (κ3) is 5.01. The minimum Gasteiger partial charge on any atom is -0.351 e. The molecule has 0 amide bonds. The normalized spacial score (nSPS) is 17.4. The molecule has 3 heterocycles. The van der Waals surface area contributed by atoms with Gasteiger partial charge in [-0.2, -0.15) is 0 Å². The molecule has 2 N–H and O–H groups in total. The van der Waals surface area contributed by atoms with E-state index in [-0.39, 0.29) is 17.8 Å². The van der Waals surface area contributed by atoms with E-state index >= 15 is 0 Å². The average Bonchev–Trinajstić information content (AvgIpc) is 3.48. The Bertz CT molecular complexity index is 1550. The van der Waals surface area contributed by atoms with Crippen molar-refractivity contribution in [1.82, 2.24) is 14.9 Å². The fourth-order valence-corrected chi connectivity index (χ4v) is 5.35. The quantitative estimate of drug-likeness (QED) is 0.204. The molecule has 0 aliphatic carbocycles. The van der Waals surface area contributed by atoms with E-state index in [0.29, 0.717) is 10.8 Å². The lowest BCUT2D eigenvalue weighted by atomic mass is 10.0. The van der Waals surface area contributed by atoms with Gasteiger partial charge in [0.2, 0.25) is 10.0 Å². The Morgan fingerprint density at radius 2 is 1.70 bits per heavy atom. The van der Waals surface area contributed by atoms with Gasteiger partial charge in [-0.25, -0.2) is 8.42 Å². The van der Waals surface area contributed by atoms with E-state index in [1.54, 1.807) is 42.6 Å². The fourth-order valence-electron chi connectivity index (χ4n) is 4.44. The standard InChI is InChI=1S/C25H22N6O4S2/c1-37(34,35)28-17-7-9-19(10-8-17)30-24(23(27-25(30)36)21-5-2-3-15-26-21)22-6-4-16-29(22)18-11-13-20(14-12-18)31(32)33/h2-16,23-24,28H,1H3,(H,27,36)/t23-,24+/m1/s1. The second-order valence-electron chi connectivity index (χ2n) is 8.49. The Hall–Kier alpha value is -4.29. The van der Waals surface area contributed by atoms with Crippen LogP contribution in [0, 0.1) is 10.1 Å². The van der Waals surface area contributed by atoms with Crippen LogP contribution in [0.2, 0.25) is 0 Å². The number of pyridine rings is 1. The summed E-state index contributed by atoms with van der Waals surface area (Å²) in [5.41, 5.74) is 3.65. The zero-order valence-electron chi connectivity index (χ0n) is 19.6. The summed E-state index contributed by atoms with van der Waals surface area (Å²) in [6, 6.07) is 22.2. The first-order valence-corrected chi connectivity index (χ1v) is 13.5. The molecule has 5 rings (SSSR count). The summed E-state index contributed by atoms with van der Waals surface area (Å²) in [7, 11) is -3.41. The molecule has 0 bridgehead atoms. The van der Waals surface area contributed by atoms with Crippen LogP contribution < -0.4 is 14.9 Å². The Labute approximate surface area is 218 Å². The van der Waals surface area contributed by atoms with Gasteiger partial charge in [0.25, 0.3) is 5.69 Å². The van der Waals surface area contributed by atoms with E-state index in [9.17, 15) is 18.5 Å². The SMILES string of the molecule is CS(=O)(=O)Nc1ccc(N2C(=S)N[C@H](c3ccccn3)[C@@H]2c2cccn2-c2ccc([N+](=O)[O-])cc2)cc1. The molecule has 0 spiro atoms. The summed E-state index contributed by atoms with van der Waals surface area (Å²) >= 11 is 5.77. The van der Waals surface area contributed by atoms with E-state index in [1.165, 1.54) is 12.1 Å². The van der Waals surface area contributed by atoms with Gasteiger partial charge in [0.15, 0.2) is 5.11 Å². The van der Waals surface area contributed by atoms with Crippen LogP contribution in [0.1, 0.15) is 23.5 Å². The highest BCUT2D eigenvalue weighted by atomic mass is 32.2. The van der Waals surface area contributed by atoms with E-state index < -0.39 is 14.9 Å². The van der Waals surface area contributed by atoms with Gasteiger partial charge in [-0.1, -0.05) is 6.07 Å². The van der Waals surface area contributed by atoms with Crippen LogP contribution >= 0.6 is 12.2 Å². The fraction of sp³-hybridized carbons (Fsp3) is 0.120. The summed E-state index contributed by atoms with van der Waals surface area (Å²) < 4.78 is 27.7. The molecule has 1 fully saturated rings. The van der Waals surface area contributed by atoms with Crippen molar-refractivity contribution in [3.05, 3.63) is 113 Å². The molecule has 0 radical (unpaired) electrons. The molecule has 0 saturated carbocycles. The van der Waals surface area contributed by atoms with Crippen LogP contribution in [-0.4, -0.2) is 34.3 Å². The first-order chi connectivity index (χ1) is 17.7. The third-order valence-electron chi connectivity index (χ3n) is 5.97. The van der Waals surface area contributed by atoms with Crippen molar-refractivity contribution in [3.8, 4) is 5.69 Å². The van der Waals surface area contributed by atoms with Crippen LogP contribution in [0.15, 0.2) is 91.3 Å². The second-order valence-corrected chi connectivity index (χ2v) is 10.6. The van der Waals surface area contributed by atoms with E-state index in [1.807, 2.05) is 46.0 Å². The zero-order valence-corrected chi connectivity index (χ0v) is 21.2. The first kappa shape index (κ1) is 24.4. The molecular weight excluding hydrogens is 512 g/mol. The Kier molecular flexibility index (Phi) is 6.36. The van der Waals surface area contributed by atoms with Crippen molar-refractivity contribution in [1.29, 1.82) is 0 Å². The van der Waals surface area contributed by atoms with E-state index in [2.05, 4.69) is 15.0 Å². The number of sulfonamides is 1. The molecule has 188 valence electrons. The zero-order chi connectivity index (χ0) is 26.2. The number of nitrogens with one attached hydrogen (secondary N) is 2. The maximum Gasteiger partial charge on any atom is 0.269 e. The van der Waals surface area contributed by atoms with Gasteiger partial charge in [0, 0.05) is 47.3 Å². The monoisotopic (exact) mass is 534 g/mol. The lowest BCUT2D eigenvalue weighted by molar-refractivity contribution is -0.384. The minimum absolute atomic E-state index is 0.0111. The van der Waals surface area contributed by atoms with Crippen molar-refractivity contribution in [2.75, 3.05) is 15.9 Å². The van der Waals surface area contributed by atoms with Gasteiger partial charge < -0.3 is 14.8 Å². The highest BCUT2D eigenvalue weighted by Gasteiger charge is 2.42. The number of thiocarbonyl (C=S) groups is 1. The molecule has 4 aromatic rings. The van der Waals surface area contributed by atoms with Gasteiger partial charge in [-0.3, -0.25) is 19.8 Å². The Morgan fingerprint density at radius 1 is 1.00 bits per heavy atom. The van der Waals surface area contributed by atoms with Crippen molar-refractivity contribution < 1.29 is 13.3 Å². The van der Waals surface area contributed by atoms with Crippen LogP contribution in [0.25, 0.3) is 5.69 Å². The highest BCUT2D eigenvalue weighted by molar-refractivity contribution is 7.92. The molecule has 2 aromatic heterocycles. The molecule has 12 heteroatoms. The van der Waals surface area contributed by atoms with Crippen molar-refractivity contribution in [2.45, 2.75) is 12.1 Å². The third-order valence-corrected chi connectivity index (χ3v) is 6.89. The number of non-ortho nitro benzene ring substituents is 1. The molecule has 10 nitrogen and oxygen atoms in total. The minimum atomic E-state index is -3.41. The summed E-state index contributed by atoms with van der Waals surface area (Å²) in [5, 5.41) is 15.0. The van der Waals surface area contributed by atoms with Gasteiger partial charge in [-0.15, -0.1) is 0 Å².